The zero-order valence-electron chi connectivity index (χ0n) is 19.8. The first-order chi connectivity index (χ1) is 16.8. The molecule has 1 aliphatic rings. The second-order valence-corrected chi connectivity index (χ2v) is 9.05. The summed E-state index contributed by atoms with van der Waals surface area (Å²) in [5.41, 5.74) is 5.31. The summed E-state index contributed by atoms with van der Waals surface area (Å²) in [7, 11) is 0. The molecule has 1 aromatic heterocycles. The Balaban J connectivity index is 1.46. The number of rotatable bonds is 5. The lowest BCUT2D eigenvalue weighted by atomic mass is 9.88. The van der Waals surface area contributed by atoms with Crippen LogP contribution in [0.2, 0.25) is 0 Å². The number of aromatic nitrogens is 2. The summed E-state index contributed by atoms with van der Waals surface area (Å²) in [6.07, 6.45) is 5.03. The van der Waals surface area contributed by atoms with Gasteiger partial charge in [-0.2, -0.15) is 5.10 Å². The van der Waals surface area contributed by atoms with Gasteiger partial charge in [0.15, 0.2) is 5.69 Å². The normalized spacial score (nSPS) is 14.0. The third-order valence-corrected chi connectivity index (χ3v) is 6.19. The van der Waals surface area contributed by atoms with E-state index in [4.69, 9.17) is 0 Å². The second-order valence-electron chi connectivity index (χ2n) is 9.05. The molecule has 0 atom stereocenters. The number of carbonyl (C=O) groups excluding carboxylic acids is 3. The van der Waals surface area contributed by atoms with Crippen molar-refractivity contribution in [3.8, 4) is 0 Å². The predicted octanol–water partition coefficient (Wildman–Crippen LogP) is 3.57. The number of nitrogens with one attached hydrogen (secondary N) is 3. The first-order valence-electron chi connectivity index (χ1n) is 11.9. The smallest absolute Gasteiger partial charge is 0.290 e. The number of hydrogen-bond acceptors (Lipinski definition) is 5. The van der Waals surface area contributed by atoms with Gasteiger partial charge in [0.1, 0.15) is 0 Å². The Morgan fingerprint density at radius 3 is 2.31 bits per heavy atom. The fraction of sp³-hybridized carbons (Fsp3) is 0.346. The largest absolute Gasteiger partial charge is 0.326 e. The number of anilines is 1. The van der Waals surface area contributed by atoms with E-state index in [-0.39, 0.29) is 34.7 Å². The van der Waals surface area contributed by atoms with Crippen molar-refractivity contribution in [1.29, 1.82) is 0 Å². The quantitative estimate of drug-likeness (QED) is 0.487. The van der Waals surface area contributed by atoms with Gasteiger partial charge >= 0.3 is 0 Å². The van der Waals surface area contributed by atoms with E-state index in [1.54, 1.807) is 62.4 Å². The van der Waals surface area contributed by atoms with E-state index in [0.717, 1.165) is 32.1 Å². The van der Waals surface area contributed by atoms with Gasteiger partial charge in [0.2, 0.25) is 5.91 Å². The van der Waals surface area contributed by atoms with Gasteiger partial charge in [-0.1, -0.05) is 43.5 Å². The molecule has 1 aliphatic carbocycles. The van der Waals surface area contributed by atoms with E-state index >= 15 is 0 Å². The maximum atomic E-state index is 12.9. The van der Waals surface area contributed by atoms with Crippen molar-refractivity contribution < 1.29 is 14.4 Å². The van der Waals surface area contributed by atoms with Gasteiger partial charge in [-0.25, -0.2) is 4.68 Å². The van der Waals surface area contributed by atoms with E-state index in [1.807, 2.05) is 0 Å². The molecule has 1 heterocycles. The molecule has 9 nitrogen and oxygen atoms in total. The topological polar surface area (TPSA) is 122 Å². The molecule has 0 radical (unpaired) electrons. The molecule has 0 spiro atoms. The third-order valence-electron chi connectivity index (χ3n) is 6.19. The molecule has 2 aromatic carbocycles. The molecule has 0 saturated heterocycles. The van der Waals surface area contributed by atoms with Crippen molar-refractivity contribution in [2.45, 2.75) is 52.0 Å². The van der Waals surface area contributed by atoms with Crippen LogP contribution in [0.3, 0.4) is 0 Å². The molecule has 0 aliphatic heterocycles. The zero-order valence-corrected chi connectivity index (χ0v) is 19.8. The van der Waals surface area contributed by atoms with Crippen LogP contribution in [-0.4, -0.2) is 27.5 Å². The summed E-state index contributed by atoms with van der Waals surface area (Å²) < 4.78 is 1.25. The number of nitrogens with zero attached hydrogens (tertiary/aromatic N) is 2. The Hall–Kier alpha value is -4.01. The van der Waals surface area contributed by atoms with Gasteiger partial charge in [0, 0.05) is 22.6 Å². The molecular formula is C26H29N5O4. The predicted molar refractivity (Wildman–Crippen MR) is 133 cm³/mol. The van der Waals surface area contributed by atoms with E-state index in [1.165, 1.54) is 4.68 Å². The molecule has 1 saturated carbocycles. The van der Waals surface area contributed by atoms with Crippen molar-refractivity contribution in [3.05, 3.63) is 70.1 Å². The van der Waals surface area contributed by atoms with Gasteiger partial charge in [-0.05, 0) is 51.0 Å². The van der Waals surface area contributed by atoms with Crippen LogP contribution in [0.15, 0.2) is 53.3 Å². The van der Waals surface area contributed by atoms with Gasteiger partial charge in [-0.15, -0.1) is 0 Å². The number of benzene rings is 2. The average molecular weight is 476 g/mol. The first kappa shape index (κ1) is 24.1. The van der Waals surface area contributed by atoms with Gasteiger partial charge in [0.05, 0.1) is 11.4 Å². The number of hydrazine groups is 1. The Morgan fingerprint density at radius 1 is 0.914 bits per heavy atom. The highest BCUT2D eigenvalue weighted by molar-refractivity contribution is 6.06. The minimum absolute atomic E-state index is 0.00282. The molecular weight excluding hydrogens is 446 g/mol. The highest BCUT2D eigenvalue weighted by Gasteiger charge is 2.22. The Kier molecular flexibility index (Phi) is 7.24. The number of amides is 3. The van der Waals surface area contributed by atoms with E-state index in [9.17, 15) is 19.2 Å². The van der Waals surface area contributed by atoms with Crippen LogP contribution in [0.5, 0.6) is 0 Å². The number of carbonyl (C=O) groups is 3. The molecule has 3 aromatic rings. The lowest BCUT2D eigenvalue weighted by Gasteiger charge is -2.20. The number of hydrogen-bond donors (Lipinski definition) is 3. The Labute approximate surface area is 202 Å². The molecule has 0 unspecified atom stereocenters. The van der Waals surface area contributed by atoms with Crippen LogP contribution in [0.25, 0.3) is 10.8 Å². The molecule has 182 valence electrons. The summed E-state index contributed by atoms with van der Waals surface area (Å²) >= 11 is 0. The average Bonchev–Trinajstić information content (AvgIpc) is 2.88. The summed E-state index contributed by atoms with van der Waals surface area (Å²) in [6, 6.07) is 13.0. The second kappa shape index (κ2) is 10.5. The van der Waals surface area contributed by atoms with Crippen LogP contribution < -0.4 is 21.7 Å². The van der Waals surface area contributed by atoms with E-state index in [2.05, 4.69) is 21.3 Å². The molecule has 4 rings (SSSR count). The molecule has 3 amide bonds. The van der Waals surface area contributed by atoms with Gasteiger partial charge < -0.3 is 5.32 Å². The van der Waals surface area contributed by atoms with Crippen LogP contribution >= 0.6 is 0 Å². The fourth-order valence-electron chi connectivity index (χ4n) is 4.32. The molecule has 9 heteroatoms. The Bertz CT molecular complexity index is 1320. The maximum Gasteiger partial charge on any atom is 0.290 e. The van der Waals surface area contributed by atoms with Crippen molar-refractivity contribution in [1.82, 2.24) is 20.6 Å². The molecule has 35 heavy (non-hydrogen) atoms. The monoisotopic (exact) mass is 475 g/mol. The Morgan fingerprint density at radius 2 is 1.60 bits per heavy atom. The van der Waals surface area contributed by atoms with Crippen LogP contribution in [0.1, 0.15) is 72.8 Å². The highest BCUT2D eigenvalue weighted by atomic mass is 16.2. The molecule has 0 bridgehead atoms. The number of fused-ring (bicyclic) bond motifs is 1. The molecule has 3 N–H and O–H groups in total. The lowest BCUT2D eigenvalue weighted by molar-refractivity contribution is -0.120. The van der Waals surface area contributed by atoms with Crippen LogP contribution in [-0.2, 0) is 4.79 Å². The van der Waals surface area contributed by atoms with Crippen molar-refractivity contribution >= 4 is 34.2 Å². The fourth-order valence-corrected chi connectivity index (χ4v) is 4.32. The van der Waals surface area contributed by atoms with Gasteiger partial charge in [-0.3, -0.25) is 30.0 Å². The van der Waals surface area contributed by atoms with Crippen molar-refractivity contribution in [2.24, 2.45) is 5.92 Å². The minimum Gasteiger partial charge on any atom is -0.326 e. The van der Waals surface area contributed by atoms with E-state index < -0.39 is 11.8 Å². The standard InChI is InChI=1S/C26H29N5O4/c1-16(2)31-26(35)21-14-7-6-13-20(21)22(30-31)25(34)29-28-24(33)18-11-8-12-19(15-18)27-23(32)17-9-4-3-5-10-17/h6-8,11-17H,3-5,9-10H2,1-2H3,(H,27,32)(H,28,33)(H,29,34). The maximum absolute atomic E-state index is 12.9. The third kappa shape index (κ3) is 5.40. The molecule has 1 fully saturated rings. The summed E-state index contributed by atoms with van der Waals surface area (Å²) in [5.74, 6) is -1.23. The summed E-state index contributed by atoms with van der Waals surface area (Å²) in [6.45, 7) is 3.60. The van der Waals surface area contributed by atoms with Crippen LogP contribution in [0, 0.1) is 5.92 Å². The van der Waals surface area contributed by atoms with Crippen LogP contribution in [0.4, 0.5) is 5.69 Å². The lowest BCUT2D eigenvalue weighted by Crippen LogP contribution is -2.43. The van der Waals surface area contributed by atoms with Gasteiger partial charge in [0.25, 0.3) is 17.4 Å². The summed E-state index contributed by atoms with van der Waals surface area (Å²) in [5, 5.41) is 7.89. The highest BCUT2D eigenvalue weighted by Crippen LogP contribution is 2.25. The van der Waals surface area contributed by atoms with Crippen molar-refractivity contribution in [2.75, 3.05) is 5.32 Å². The minimum atomic E-state index is -0.647. The van der Waals surface area contributed by atoms with E-state index in [0.29, 0.717) is 16.5 Å². The zero-order chi connectivity index (χ0) is 24.9. The SMILES string of the molecule is CC(C)n1nc(C(=O)NNC(=O)c2cccc(NC(=O)C3CCCCC3)c2)c2ccccc2c1=O. The van der Waals surface area contributed by atoms with Crippen molar-refractivity contribution in [3.63, 3.8) is 0 Å². The first-order valence-corrected chi connectivity index (χ1v) is 11.9. The summed E-state index contributed by atoms with van der Waals surface area (Å²) in [4.78, 5) is 50.8.